The van der Waals surface area contributed by atoms with E-state index in [1.165, 1.54) is 6.20 Å². The first-order valence-electron chi connectivity index (χ1n) is 3.85. The molecular weight excluding hydrogens is 202 g/mol. The normalized spacial score (nSPS) is 10.4. The maximum absolute atomic E-state index is 10.6. The number of rotatable bonds is 2. The minimum absolute atomic E-state index is 0.240. The van der Waals surface area contributed by atoms with Crippen LogP contribution in [0.5, 0.6) is 0 Å². The van der Waals surface area contributed by atoms with Crippen molar-refractivity contribution in [2.45, 2.75) is 0 Å². The molecule has 72 valence electrons. The average Bonchev–Trinajstić information content (AvgIpc) is 2.70. The molecule has 0 radical (unpaired) electrons. The minimum atomic E-state index is -0.947. The summed E-state index contributed by atoms with van der Waals surface area (Å²) in [6.07, 6.45) is 4.81. The van der Waals surface area contributed by atoms with E-state index in [-0.39, 0.29) is 4.88 Å². The summed E-state index contributed by atoms with van der Waals surface area (Å²) < 4.78 is 1.65. The Morgan fingerprint density at radius 1 is 1.57 bits per heavy atom. The van der Waals surface area contributed by atoms with Crippen molar-refractivity contribution in [3.05, 3.63) is 23.5 Å². The Kier molecular flexibility index (Phi) is 2.05. The molecule has 1 N–H and O–H groups in total. The average molecular weight is 209 g/mol. The fourth-order valence-electron chi connectivity index (χ4n) is 1.04. The molecule has 5 nitrogen and oxygen atoms in total. The molecule has 0 aliphatic carbocycles. The zero-order valence-corrected chi connectivity index (χ0v) is 8.15. The summed E-state index contributed by atoms with van der Waals surface area (Å²) in [5, 5.41) is 13.4. The van der Waals surface area contributed by atoms with Crippen LogP contribution in [0, 0.1) is 0 Å². The lowest BCUT2D eigenvalue weighted by Crippen LogP contribution is -1.89. The third kappa shape index (κ3) is 1.51. The topological polar surface area (TPSA) is 68.0 Å². The lowest BCUT2D eigenvalue weighted by atomic mass is 10.4. The highest BCUT2D eigenvalue weighted by Crippen LogP contribution is 2.24. The van der Waals surface area contributed by atoms with Crippen LogP contribution < -0.4 is 0 Å². The Bertz CT molecular complexity index is 474. The smallest absolute Gasteiger partial charge is 0.347 e. The second-order valence-electron chi connectivity index (χ2n) is 2.74. The monoisotopic (exact) mass is 209 g/mol. The van der Waals surface area contributed by atoms with Gasteiger partial charge in [-0.3, -0.25) is 4.68 Å². The van der Waals surface area contributed by atoms with E-state index in [2.05, 4.69) is 10.1 Å². The summed E-state index contributed by atoms with van der Waals surface area (Å²) >= 11 is 1.14. The molecule has 2 rings (SSSR count). The standard InChI is InChI=1S/C8H7N3O2S/c1-11-4-5(2-10-11)7-9-3-6(14-7)8(12)13/h2-4H,1H3,(H,12,13). The molecule has 0 unspecified atom stereocenters. The van der Waals surface area contributed by atoms with Gasteiger partial charge in [0.05, 0.1) is 12.4 Å². The summed E-state index contributed by atoms with van der Waals surface area (Å²) in [4.78, 5) is 14.8. The van der Waals surface area contributed by atoms with E-state index in [1.807, 2.05) is 0 Å². The first-order valence-corrected chi connectivity index (χ1v) is 4.66. The molecule has 2 heterocycles. The molecule has 6 heteroatoms. The Balaban J connectivity index is 2.38. The molecule has 0 aromatic carbocycles. The number of hydrogen-bond acceptors (Lipinski definition) is 4. The molecule has 0 aliphatic rings. The van der Waals surface area contributed by atoms with Crippen molar-refractivity contribution in [1.29, 1.82) is 0 Å². The van der Waals surface area contributed by atoms with Crippen LogP contribution in [0.15, 0.2) is 18.6 Å². The van der Waals surface area contributed by atoms with Gasteiger partial charge in [-0.1, -0.05) is 0 Å². The Labute approximate surface area is 83.6 Å². The van der Waals surface area contributed by atoms with Gasteiger partial charge < -0.3 is 5.11 Å². The third-order valence-electron chi connectivity index (χ3n) is 1.67. The molecule has 0 saturated carbocycles. The largest absolute Gasteiger partial charge is 0.477 e. The number of carboxylic acids is 1. The van der Waals surface area contributed by atoms with Crippen LogP contribution in [0.2, 0.25) is 0 Å². The van der Waals surface area contributed by atoms with Gasteiger partial charge >= 0.3 is 5.97 Å². The van der Waals surface area contributed by atoms with Gasteiger partial charge in [-0.2, -0.15) is 5.10 Å². The van der Waals surface area contributed by atoms with E-state index >= 15 is 0 Å². The Morgan fingerprint density at radius 3 is 2.86 bits per heavy atom. The number of carboxylic acid groups (broad SMARTS) is 1. The molecular formula is C8H7N3O2S. The minimum Gasteiger partial charge on any atom is -0.477 e. The molecule has 0 saturated heterocycles. The van der Waals surface area contributed by atoms with Crippen LogP contribution in [-0.4, -0.2) is 25.8 Å². The lowest BCUT2D eigenvalue weighted by molar-refractivity contribution is 0.0702. The van der Waals surface area contributed by atoms with Crippen molar-refractivity contribution in [2.24, 2.45) is 7.05 Å². The van der Waals surface area contributed by atoms with E-state index in [0.29, 0.717) is 5.01 Å². The van der Waals surface area contributed by atoms with Crippen molar-refractivity contribution in [1.82, 2.24) is 14.8 Å². The van der Waals surface area contributed by atoms with Crippen LogP contribution in [-0.2, 0) is 7.05 Å². The zero-order chi connectivity index (χ0) is 10.1. The predicted molar refractivity (Wildman–Crippen MR) is 51.3 cm³/mol. The molecule has 0 amide bonds. The van der Waals surface area contributed by atoms with Crippen molar-refractivity contribution in [2.75, 3.05) is 0 Å². The lowest BCUT2D eigenvalue weighted by Gasteiger charge is -1.85. The highest BCUT2D eigenvalue weighted by atomic mass is 32.1. The summed E-state index contributed by atoms with van der Waals surface area (Å²) in [5.41, 5.74) is 0.838. The maximum atomic E-state index is 10.6. The Hall–Kier alpha value is -1.69. The van der Waals surface area contributed by atoms with Gasteiger partial charge in [-0.05, 0) is 0 Å². The molecule has 0 fully saturated rings. The number of aromatic nitrogens is 3. The first-order chi connectivity index (χ1) is 6.66. The fourth-order valence-corrected chi connectivity index (χ4v) is 1.77. The third-order valence-corrected chi connectivity index (χ3v) is 2.70. The molecule has 0 spiro atoms. The highest BCUT2D eigenvalue weighted by Gasteiger charge is 2.10. The summed E-state index contributed by atoms with van der Waals surface area (Å²) in [6.45, 7) is 0. The maximum Gasteiger partial charge on any atom is 0.347 e. The molecule has 2 aromatic rings. The van der Waals surface area contributed by atoms with Gasteiger partial charge in [-0.25, -0.2) is 9.78 Å². The first kappa shape index (κ1) is 8.89. The summed E-state index contributed by atoms with van der Waals surface area (Å²) in [7, 11) is 1.80. The van der Waals surface area contributed by atoms with Crippen molar-refractivity contribution in [3.8, 4) is 10.6 Å². The fraction of sp³-hybridized carbons (Fsp3) is 0.125. The zero-order valence-electron chi connectivity index (χ0n) is 7.34. The van der Waals surface area contributed by atoms with E-state index in [9.17, 15) is 4.79 Å². The molecule has 0 bridgehead atoms. The SMILES string of the molecule is Cn1cc(-c2ncc(C(=O)O)s2)cn1. The summed E-state index contributed by atoms with van der Waals surface area (Å²) in [5.74, 6) is -0.947. The number of carbonyl (C=O) groups is 1. The van der Waals surface area contributed by atoms with Crippen molar-refractivity contribution in [3.63, 3.8) is 0 Å². The Morgan fingerprint density at radius 2 is 2.36 bits per heavy atom. The van der Waals surface area contributed by atoms with Gasteiger partial charge in [0.25, 0.3) is 0 Å². The van der Waals surface area contributed by atoms with Crippen molar-refractivity contribution < 1.29 is 9.90 Å². The van der Waals surface area contributed by atoms with Gasteiger partial charge in [0.1, 0.15) is 9.88 Å². The van der Waals surface area contributed by atoms with Gasteiger partial charge in [-0.15, -0.1) is 11.3 Å². The van der Waals surface area contributed by atoms with E-state index in [1.54, 1.807) is 24.1 Å². The number of hydrogen-bond donors (Lipinski definition) is 1. The number of thiazole rings is 1. The van der Waals surface area contributed by atoms with Crippen LogP contribution in [0.25, 0.3) is 10.6 Å². The molecule has 14 heavy (non-hydrogen) atoms. The van der Waals surface area contributed by atoms with E-state index < -0.39 is 5.97 Å². The van der Waals surface area contributed by atoms with E-state index in [0.717, 1.165) is 16.9 Å². The highest BCUT2D eigenvalue weighted by molar-refractivity contribution is 7.16. The quantitative estimate of drug-likeness (QED) is 0.808. The van der Waals surface area contributed by atoms with Gasteiger partial charge in [0.15, 0.2) is 0 Å². The number of nitrogens with zero attached hydrogens (tertiary/aromatic N) is 3. The molecule has 0 atom stereocenters. The summed E-state index contributed by atoms with van der Waals surface area (Å²) in [6, 6.07) is 0. The van der Waals surface area contributed by atoms with Crippen LogP contribution in [0.1, 0.15) is 9.67 Å². The van der Waals surface area contributed by atoms with Gasteiger partial charge in [0, 0.05) is 18.8 Å². The number of aromatic carboxylic acids is 1. The van der Waals surface area contributed by atoms with Gasteiger partial charge in [0.2, 0.25) is 0 Å². The second-order valence-corrected chi connectivity index (χ2v) is 3.77. The predicted octanol–water partition coefficient (Wildman–Crippen LogP) is 1.24. The van der Waals surface area contributed by atoms with Crippen LogP contribution >= 0.6 is 11.3 Å². The van der Waals surface area contributed by atoms with E-state index in [4.69, 9.17) is 5.11 Å². The second kappa shape index (κ2) is 3.22. The van der Waals surface area contributed by atoms with Crippen LogP contribution in [0.4, 0.5) is 0 Å². The van der Waals surface area contributed by atoms with Crippen molar-refractivity contribution >= 4 is 17.3 Å². The number of aryl methyl sites for hydroxylation is 1. The molecule has 0 aliphatic heterocycles. The molecule has 2 aromatic heterocycles. The van der Waals surface area contributed by atoms with Crippen LogP contribution in [0.3, 0.4) is 0 Å².